The van der Waals surface area contributed by atoms with Gasteiger partial charge in [0.2, 0.25) is 5.78 Å². The Bertz CT molecular complexity index is 1350. The van der Waals surface area contributed by atoms with Crippen LogP contribution in [0, 0.1) is 5.92 Å². The second-order valence-corrected chi connectivity index (χ2v) is 8.89. The summed E-state index contributed by atoms with van der Waals surface area (Å²) in [6, 6.07) is 13.2. The number of amides is 1. The van der Waals surface area contributed by atoms with Gasteiger partial charge in [-0.2, -0.15) is 0 Å². The summed E-state index contributed by atoms with van der Waals surface area (Å²) >= 11 is 0. The fourth-order valence-electron chi connectivity index (χ4n) is 3.92. The Morgan fingerprint density at radius 3 is 2.30 bits per heavy atom. The van der Waals surface area contributed by atoms with Crippen LogP contribution in [-0.4, -0.2) is 50.2 Å². The average molecular weight is 507 g/mol. The van der Waals surface area contributed by atoms with Gasteiger partial charge in [-0.05, 0) is 35.7 Å². The van der Waals surface area contributed by atoms with Crippen molar-refractivity contribution in [2.75, 3.05) is 0 Å². The number of nitrogens with one attached hydrogen (secondary N) is 1. The molecule has 0 spiro atoms. The normalized spacial score (nSPS) is 17.5. The minimum atomic E-state index is -1.71. The molecule has 5 N–H and O–H groups in total. The van der Waals surface area contributed by atoms with E-state index in [1.54, 1.807) is 44.2 Å². The SMILES string of the molecule is CC(C)[C@H](NC(=O)c1ccccc1)C(=O)Oc1cc(O)c2c(c1)OC(c1ccc(O)c(O)c1)C(O)C2=O. The first-order valence-electron chi connectivity index (χ1n) is 11.4. The molecule has 1 aliphatic rings. The van der Waals surface area contributed by atoms with E-state index in [-0.39, 0.29) is 28.5 Å². The summed E-state index contributed by atoms with van der Waals surface area (Å²) in [7, 11) is 0. The molecule has 1 amide bonds. The van der Waals surface area contributed by atoms with E-state index in [2.05, 4.69) is 5.32 Å². The molecule has 1 heterocycles. The molecule has 1 aliphatic heterocycles. The van der Waals surface area contributed by atoms with E-state index in [1.807, 2.05) is 0 Å². The number of Topliss-reactive ketones (excluding diaryl/α,β-unsaturated/α-hetero) is 1. The molecule has 10 nitrogen and oxygen atoms in total. The van der Waals surface area contributed by atoms with Gasteiger partial charge in [-0.1, -0.05) is 38.1 Å². The molecule has 192 valence electrons. The Balaban J connectivity index is 1.58. The van der Waals surface area contributed by atoms with Crippen LogP contribution in [-0.2, 0) is 4.79 Å². The monoisotopic (exact) mass is 507 g/mol. The first kappa shape index (κ1) is 25.5. The standard InChI is InChI=1S/C27H25NO9/c1-13(2)22(28-26(34)14-6-4-3-5-7-14)27(35)36-16-11-19(31)21-20(12-16)37-25(24(33)23(21)32)15-8-9-17(29)18(30)10-15/h3-13,22,24-25,29-31,33H,1-2H3,(H,28,34)/t22-,24?,25?/m0/s1. The van der Waals surface area contributed by atoms with Crippen molar-refractivity contribution in [1.82, 2.24) is 5.32 Å². The van der Waals surface area contributed by atoms with E-state index in [0.29, 0.717) is 5.56 Å². The van der Waals surface area contributed by atoms with Crippen LogP contribution >= 0.6 is 0 Å². The number of carbonyl (C=O) groups is 3. The third-order valence-electron chi connectivity index (χ3n) is 5.90. The molecule has 37 heavy (non-hydrogen) atoms. The van der Waals surface area contributed by atoms with Gasteiger partial charge in [-0.3, -0.25) is 9.59 Å². The highest BCUT2D eigenvalue weighted by Crippen LogP contribution is 2.43. The third kappa shape index (κ3) is 5.19. The second kappa shape index (κ2) is 10.2. The van der Waals surface area contributed by atoms with E-state index in [9.17, 15) is 34.8 Å². The average Bonchev–Trinajstić information content (AvgIpc) is 2.86. The quantitative estimate of drug-likeness (QED) is 0.192. The van der Waals surface area contributed by atoms with Crippen LogP contribution in [0.4, 0.5) is 0 Å². The lowest BCUT2D eigenvalue weighted by atomic mass is 9.92. The van der Waals surface area contributed by atoms with Crippen LogP contribution < -0.4 is 14.8 Å². The lowest BCUT2D eigenvalue weighted by molar-refractivity contribution is -0.137. The first-order chi connectivity index (χ1) is 17.6. The first-order valence-corrected chi connectivity index (χ1v) is 11.4. The van der Waals surface area contributed by atoms with Gasteiger partial charge in [0.1, 0.15) is 28.9 Å². The summed E-state index contributed by atoms with van der Waals surface area (Å²) < 4.78 is 11.2. The minimum Gasteiger partial charge on any atom is -0.507 e. The van der Waals surface area contributed by atoms with Crippen LogP contribution in [0.3, 0.4) is 0 Å². The molecule has 10 heteroatoms. The lowest BCUT2D eigenvalue weighted by Crippen LogP contribution is -2.46. The maximum atomic E-state index is 13.0. The number of rotatable bonds is 6. The van der Waals surface area contributed by atoms with Gasteiger partial charge in [0.15, 0.2) is 23.7 Å². The predicted octanol–water partition coefficient (Wildman–Crippen LogP) is 2.84. The Morgan fingerprint density at radius 2 is 1.65 bits per heavy atom. The van der Waals surface area contributed by atoms with Crippen LogP contribution in [0.15, 0.2) is 60.7 Å². The number of ether oxygens (including phenoxy) is 2. The molecular formula is C27H25NO9. The Kier molecular flexibility index (Phi) is 7.03. The highest BCUT2D eigenvalue weighted by atomic mass is 16.5. The smallest absolute Gasteiger partial charge is 0.334 e. The maximum Gasteiger partial charge on any atom is 0.334 e. The number of fused-ring (bicyclic) bond motifs is 1. The molecule has 3 aromatic rings. The molecule has 3 aromatic carbocycles. The number of aliphatic hydroxyl groups is 1. The van der Waals surface area contributed by atoms with Crippen molar-refractivity contribution in [3.05, 3.63) is 77.4 Å². The van der Waals surface area contributed by atoms with Gasteiger partial charge in [0.05, 0.1) is 0 Å². The van der Waals surface area contributed by atoms with Crippen LogP contribution in [0.1, 0.15) is 46.2 Å². The molecule has 3 atom stereocenters. The van der Waals surface area contributed by atoms with E-state index in [4.69, 9.17) is 9.47 Å². The zero-order valence-corrected chi connectivity index (χ0v) is 19.9. The zero-order valence-electron chi connectivity index (χ0n) is 19.9. The van der Waals surface area contributed by atoms with Crippen LogP contribution in [0.2, 0.25) is 0 Å². The predicted molar refractivity (Wildman–Crippen MR) is 130 cm³/mol. The van der Waals surface area contributed by atoms with Gasteiger partial charge in [-0.25, -0.2) is 4.79 Å². The number of hydrogen-bond donors (Lipinski definition) is 5. The van der Waals surface area contributed by atoms with Crippen molar-refractivity contribution in [1.29, 1.82) is 0 Å². The van der Waals surface area contributed by atoms with Gasteiger partial charge < -0.3 is 35.2 Å². The molecular weight excluding hydrogens is 482 g/mol. The minimum absolute atomic E-state index is 0.155. The number of phenolic OH excluding ortho intramolecular Hbond substituents is 3. The summed E-state index contributed by atoms with van der Waals surface area (Å²) in [5.74, 6) is -4.22. The summed E-state index contributed by atoms with van der Waals surface area (Å²) in [6.45, 7) is 3.45. The number of hydrogen-bond acceptors (Lipinski definition) is 9. The number of ketones is 1. The van der Waals surface area contributed by atoms with Gasteiger partial charge >= 0.3 is 5.97 Å². The summed E-state index contributed by atoms with van der Waals surface area (Å²) in [6.07, 6.45) is -2.99. The summed E-state index contributed by atoms with van der Waals surface area (Å²) in [5, 5.41) is 43.0. The second-order valence-electron chi connectivity index (χ2n) is 8.89. The number of esters is 1. The summed E-state index contributed by atoms with van der Waals surface area (Å²) in [5.41, 5.74) is 0.251. The molecule has 0 aromatic heterocycles. The van der Waals surface area contributed by atoms with Crippen LogP contribution in [0.25, 0.3) is 0 Å². The molecule has 0 saturated heterocycles. The van der Waals surface area contributed by atoms with Crippen molar-refractivity contribution in [2.24, 2.45) is 5.92 Å². The van der Waals surface area contributed by atoms with E-state index < -0.39 is 53.2 Å². The van der Waals surface area contributed by atoms with Crippen molar-refractivity contribution < 1.29 is 44.3 Å². The third-order valence-corrected chi connectivity index (χ3v) is 5.90. The van der Waals surface area contributed by atoms with Crippen molar-refractivity contribution in [3.63, 3.8) is 0 Å². The fraction of sp³-hybridized carbons (Fsp3) is 0.222. The highest BCUT2D eigenvalue weighted by molar-refractivity contribution is 6.05. The fourth-order valence-corrected chi connectivity index (χ4v) is 3.92. The number of aromatic hydroxyl groups is 3. The van der Waals surface area contributed by atoms with Gasteiger partial charge in [0, 0.05) is 17.7 Å². The van der Waals surface area contributed by atoms with Gasteiger partial charge in [0.25, 0.3) is 5.91 Å². The topological polar surface area (TPSA) is 163 Å². The van der Waals surface area contributed by atoms with E-state index >= 15 is 0 Å². The largest absolute Gasteiger partial charge is 0.507 e. The number of carbonyl (C=O) groups excluding carboxylic acids is 3. The Morgan fingerprint density at radius 1 is 0.946 bits per heavy atom. The van der Waals surface area contributed by atoms with Crippen LogP contribution in [0.5, 0.6) is 28.7 Å². The highest BCUT2D eigenvalue weighted by Gasteiger charge is 2.40. The van der Waals surface area contributed by atoms with E-state index in [1.165, 1.54) is 18.2 Å². The Hall–Kier alpha value is -4.57. The van der Waals surface area contributed by atoms with Crippen molar-refractivity contribution in [3.8, 4) is 28.7 Å². The zero-order chi connectivity index (χ0) is 26.9. The molecule has 0 saturated carbocycles. The molecule has 0 aliphatic carbocycles. The number of aliphatic hydroxyl groups excluding tert-OH is 1. The maximum absolute atomic E-state index is 13.0. The van der Waals surface area contributed by atoms with Gasteiger partial charge in [-0.15, -0.1) is 0 Å². The Labute approximate surface area is 211 Å². The molecule has 0 radical (unpaired) electrons. The molecule has 4 rings (SSSR count). The lowest BCUT2D eigenvalue weighted by Gasteiger charge is -2.30. The molecule has 0 fully saturated rings. The summed E-state index contributed by atoms with van der Waals surface area (Å²) in [4.78, 5) is 38.3. The van der Waals surface area contributed by atoms with E-state index in [0.717, 1.165) is 12.1 Å². The molecule has 2 unspecified atom stereocenters. The van der Waals surface area contributed by atoms with Crippen molar-refractivity contribution in [2.45, 2.75) is 32.1 Å². The number of benzene rings is 3. The number of phenols is 3. The molecule has 0 bridgehead atoms. The van der Waals surface area contributed by atoms with Crippen molar-refractivity contribution >= 4 is 17.7 Å².